The summed E-state index contributed by atoms with van der Waals surface area (Å²) in [4.78, 5) is 4.98. The number of fused-ring (bicyclic) bond motifs is 1. The van der Waals surface area contributed by atoms with Crippen molar-refractivity contribution >= 4 is 28.2 Å². The molecule has 1 aromatic heterocycles. The van der Waals surface area contributed by atoms with Gasteiger partial charge in [-0.15, -0.1) is 0 Å². The Bertz CT molecular complexity index is 651. The van der Waals surface area contributed by atoms with E-state index in [1.165, 1.54) is 5.69 Å². The lowest BCUT2D eigenvalue weighted by atomic mass is 9.97. The molecule has 3 rings (SSSR count). The highest BCUT2D eigenvalue weighted by Gasteiger charge is 2.33. The van der Waals surface area contributed by atoms with Crippen LogP contribution in [0.3, 0.4) is 0 Å². The molecule has 2 aromatic rings. The van der Waals surface area contributed by atoms with Crippen LogP contribution in [0.5, 0.6) is 0 Å². The number of halogens is 1. The van der Waals surface area contributed by atoms with E-state index in [1.54, 1.807) is 0 Å². The first-order chi connectivity index (χ1) is 10.5. The number of piperazine rings is 1. The number of nitrogens with zero attached hydrogens (tertiary/aromatic N) is 3. The zero-order chi connectivity index (χ0) is 15.7. The molecule has 5 nitrogen and oxygen atoms in total. The highest BCUT2D eigenvalue weighted by molar-refractivity contribution is 6.31. The molecule has 1 aliphatic rings. The molecule has 22 heavy (non-hydrogen) atoms. The highest BCUT2D eigenvalue weighted by Crippen LogP contribution is 2.33. The number of H-pyrrole nitrogens is 1. The minimum atomic E-state index is 0.132. The summed E-state index contributed by atoms with van der Waals surface area (Å²) < 4.78 is 0. The monoisotopic (exact) mass is 321 g/mol. The molecule has 2 N–H and O–H groups in total. The maximum Gasteiger partial charge on any atom is 0.0686 e. The van der Waals surface area contributed by atoms with Gasteiger partial charge in [0.1, 0.15) is 0 Å². The predicted molar refractivity (Wildman–Crippen MR) is 92.9 cm³/mol. The molecule has 0 unspecified atom stereocenters. The quantitative estimate of drug-likeness (QED) is 0.907. The predicted octanol–water partition coefficient (Wildman–Crippen LogP) is 2.34. The molecule has 0 saturated carbocycles. The normalized spacial score (nSPS) is 19.0. The number of anilines is 1. The summed E-state index contributed by atoms with van der Waals surface area (Å²) >= 11 is 6.28. The molecular weight excluding hydrogens is 298 g/mol. The smallest absolute Gasteiger partial charge is 0.0686 e. The molecule has 0 aliphatic carbocycles. The van der Waals surface area contributed by atoms with Gasteiger partial charge in [0.25, 0.3) is 0 Å². The second kappa shape index (κ2) is 6.07. The van der Waals surface area contributed by atoms with Crippen LogP contribution in [0.4, 0.5) is 5.69 Å². The lowest BCUT2D eigenvalue weighted by Crippen LogP contribution is -2.60. The molecule has 6 heteroatoms. The van der Waals surface area contributed by atoms with E-state index < -0.39 is 0 Å². The Morgan fingerprint density at radius 3 is 2.91 bits per heavy atom. The molecule has 120 valence electrons. The van der Waals surface area contributed by atoms with Gasteiger partial charge in [-0.3, -0.25) is 10.00 Å². The van der Waals surface area contributed by atoms with E-state index in [9.17, 15) is 0 Å². The molecule has 1 aliphatic heterocycles. The van der Waals surface area contributed by atoms with E-state index in [0.29, 0.717) is 0 Å². The molecule has 1 fully saturated rings. The van der Waals surface area contributed by atoms with Crippen LogP contribution in [-0.2, 0) is 0 Å². The average Bonchev–Trinajstić information content (AvgIpc) is 2.92. The maximum absolute atomic E-state index is 6.28. The van der Waals surface area contributed by atoms with E-state index >= 15 is 0 Å². The Labute approximate surface area is 136 Å². The summed E-state index contributed by atoms with van der Waals surface area (Å²) in [6.45, 7) is 9.77. The second-order valence-corrected chi connectivity index (χ2v) is 7.02. The molecule has 1 aromatic carbocycles. The Hall–Kier alpha value is -1.30. The summed E-state index contributed by atoms with van der Waals surface area (Å²) in [5, 5.41) is 12.3. The van der Waals surface area contributed by atoms with Crippen molar-refractivity contribution in [2.24, 2.45) is 0 Å². The molecule has 0 atom stereocenters. The molecule has 1 saturated heterocycles. The van der Waals surface area contributed by atoms with Gasteiger partial charge in [-0.05, 0) is 33.0 Å². The first-order valence-corrected chi connectivity index (χ1v) is 8.16. The number of hydrogen-bond donors (Lipinski definition) is 2. The van der Waals surface area contributed by atoms with Gasteiger partial charge < -0.3 is 10.2 Å². The van der Waals surface area contributed by atoms with Crippen LogP contribution >= 0.6 is 11.6 Å². The van der Waals surface area contributed by atoms with Crippen LogP contribution in [0.25, 0.3) is 10.9 Å². The Kier molecular flexibility index (Phi) is 4.30. The van der Waals surface area contributed by atoms with Crippen LogP contribution in [-0.4, -0.2) is 60.4 Å². The third-order valence-electron chi connectivity index (χ3n) is 4.55. The molecule has 0 spiro atoms. The van der Waals surface area contributed by atoms with E-state index in [0.717, 1.165) is 48.6 Å². The third-order valence-corrected chi connectivity index (χ3v) is 4.77. The standard InChI is InChI=1S/C16H24ClN5/c1-16(2)11-21(6-7-22(16)5-4-18-3)15-9-12(17)8-14-13(15)10-19-20-14/h8-10,18H,4-7,11H2,1-3H3,(H,19,20). The van der Waals surface area contributed by atoms with Crippen molar-refractivity contribution < 1.29 is 0 Å². The van der Waals surface area contributed by atoms with Crippen molar-refractivity contribution in [3.63, 3.8) is 0 Å². The minimum Gasteiger partial charge on any atom is -0.368 e. The zero-order valence-corrected chi connectivity index (χ0v) is 14.2. The topological polar surface area (TPSA) is 47.2 Å². The number of likely N-dealkylation sites (N-methyl/N-ethyl adjacent to an activating group) is 1. The Morgan fingerprint density at radius 1 is 1.36 bits per heavy atom. The fourth-order valence-corrected chi connectivity index (χ4v) is 3.53. The van der Waals surface area contributed by atoms with Crippen LogP contribution in [0.15, 0.2) is 18.3 Å². The van der Waals surface area contributed by atoms with Crippen molar-refractivity contribution in [2.75, 3.05) is 44.7 Å². The fourth-order valence-electron chi connectivity index (χ4n) is 3.32. The highest BCUT2D eigenvalue weighted by atomic mass is 35.5. The van der Waals surface area contributed by atoms with E-state index in [-0.39, 0.29) is 5.54 Å². The van der Waals surface area contributed by atoms with Gasteiger partial charge in [0.05, 0.1) is 11.7 Å². The number of nitrogens with one attached hydrogen (secondary N) is 2. The number of aromatic amines is 1. The van der Waals surface area contributed by atoms with Crippen molar-refractivity contribution in [1.29, 1.82) is 0 Å². The average molecular weight is 322 g/mol. The number of rotatable bonds is 4. The largest absolute Gasteiger partial charge is 0.368 e. The number of aromatic nitrogens is 2. The first-order valence-electron chi connectivity index (χ1n) is 7.78. The Balaban J connectivity index is 1.85. The zero-order valence-electron chi connectivity index (χ0n) is 13.5. The lowest BCUT2D eigenvalue weighted by molar-refractivity contribution is 0.106. The summed E-state index contributed by atoms with van der Waals surface area (Å²) in [5.74, 6) is 0. The van der Waals surface area contributed by atoms with Crippen LogP contribution < -0.4 is 10.2 Å². The van der Waals surface area contributed by atoms with Gasteiger partial charge in [0.15, 0.2) is 0 Å². The van der Waals surface area contributed by atoms with Gasteiger partial charge in [0, 0.05) is 54.4 Å². The number of hydrogen-bond acceptors (Lipinski definition) is 4. The SMILES string of the molecule is CNCCN1CCN(c2cc(Cl)cc3[nH]ncc23)CC1(C)C. The summed E-state index contributed by atoms with van der Waals surface area (Å²) in [7, 11) is 2.00. The summed E-state index contributed by atoms with van der Waals surface area (Å²) in [5.41, 5.74) is 2.31. The summed E-state index contributed by atoms with van der Waals surface area (Å²) in [6.07, 6.45) is 1.89. The van der Waals surface area contributed by atoms with Crippen LogP contribution in [0, 0.1) is 0 Å². The third kappa shape index (κ3) is 2.93. The fraction of sp³-hybridized carbons (Fsp3) is 0.562. The van der Waals surface area contributed by atoms with E-state index in [1.807, 2.05) is 19.3 Å². The molecular formula is C16H24ClN5. The molecule has 0 radical (unpaired) electrons. The van der Waals surface area contributed by atoms with Crippen molar-refractivity contribution in [2.45, 2.75) is 19.4 Å². The van der Waals surface area contributed by atoms with Crippen molar-refractivity contribution in [3.8, 4) is 0 Å². The van der Waals surface area contributed by atoms with Crippen molar-refractivity contribution in [1.82, 2.24) is 20.4 Å². The van der Waals surface area contributed by atoms with Crippen LogP contribution in [0.1, 0.15) is 13.8 Å². The molecule has 0 bridgehead atoms. The molecule has 0 amide bonds. The minimum absolute atomic E-state index is 0.132. The van der Waals surface area contributed by atoms with Gasteiger partial charge in [-0.25, -0.2) is 0 Å². The summed E-state index contributed by atoms with van der Waals surface area (Å²) in [6, 6.07) is 3.99. The first kappa shape index (κ1) is 15.6. The lowest BCUT2D eigenvalue weighted by Gasteiger charge is -2.48. The van der Waals surface area contributed by atoms with E-state index in [4.69, 9.17) is 11.6 Å². The van der Waals surface area contributed by atoms with Gasteiger partial charge in [0.2, 0.25) is 0 Å². The van der Waals surface area contributed by atoms with Gasteiger partial charge in [-0.1, -0.05) is 11.6 Å². The van der Waals surface area contributed by atoms with Crippen LogP contribution in [0.2, 0.25) is 5.02 Å². The Morgan fingerprint density at radius 2 is 2.18 bits per heavy atom. The maximum atomic E-state index is 6.28. The van der Waals surface area contributed by atoms with Crippen molar-refractivity contribution in [3.05, 3.63) is 23.4 Å². The van der Waals surface area contributed by atoms with E-state index in [2.05, 4.69) is 45.2 Å². The van der Waals surface area contributed by atoms with Gasteiger partial charge in [-0.2, -0.15) is 5.10 Å². The van der Waals surface area contributed by atoms with Gasteiger partial charge >= 0.3 is 0 Å². The second-order valence-electron chi connectivity index (χ2n) is 6.58. The molecule has 2 heterocycles. The number of benzene rings is 1.